The van der Waals surface area contributed by atoms with Crippen LogP contribution >= 0.6 is 0 Å². The summed E-state index contributed by atoms with van der Waals surface area (Å²) in [6.07, 6.45) is 98.9. The van der Waals surface area contributed by atoms with Gasteiger partial charge < -0.3 is 14.2 Å². The van der Waals surface area contributed by atoms with Crippen LogP contribution in [-0.2, 0) is 28.6 Å². The molecule has 0 radical (unpaired) electrons. The van der Waals surface area contributed by atoms with Gasteiger partial charge in [0, 0.05) is 19.3 Å². The normalized spacial score (nSPS) is 13.0. The maximum atomic E-state index is 13.0. The second kappa shape index (κ2) is 70.0. The molecule has 0 aliphatic carbocycles. The Hall–Kier alpha value is -4.45. The van der Waals surface area contributed by atoms with E-state index in [9.17, 15) is 14.4 Å². The van der Waals surface area contributed by atoms with Crippen molar-refractivity contribution in [2.24, 2.45) is 0 Å². The average Bonchev–Trinajstić information content (AvgIpc) is 3.50. The Labute approximate surface area is 513 Å². The Balaban J connectivity index is 4.50. The molecule has 472 valence electrons. The minimum absolute atomic E-state index is 0.0982. The summed E-state index contributed by atoms with van der Waals surface area (Å²) in [5, 5.41) is 0. The lowest BCUT2D eigenvalue weighted by Crippen LogP contribution is -2.30. The van der Waals surface area contributed by atoms with Gasteiger partial charge in [-0.05, 0) is 141 Å². The molecule has 0 heterocycles. The smallest absolute Gasteiger partial charge is 0.306 e. The van der Waals surface area contributed by atoms with Gasteiger partial charge in [-0.2, -0.15) is 0 Å². The van der Waals surface area contributed by atoms with Crippen molar-refractivity contribution in [3.05, 3.63) is 134 Å². The standard InChI is InChI=1S/C77H128O6/c1-4-7-10-13-16-19-22-25-28-31-34-36-37-38-39-41-43-46-49-52-55-58-61-64-67-70-76(79)82-73-74(72-81-75(78)69-66-63-60-57-54-51-48-45-42-33-30-27-24-21-18-15-12-9-6-3)83-77(80)71-68-65-62-59-56-53-50-47-44-40-35-32-29-26-23-20-17-14-11-8-5-2/h7,10,16,19,23,25-28,30,32,34-36,38-39,43-44,46-47,52,55,74H,4-6,8-9,11-15,17-18,20-22,24,29,31,33,37,40-42,45,48-51,53-54,56-73H2,1-3H3/b10-7-,19-16-,26-23-,28-25-,30-27-,35-32-,36-34-,39-38-,46-43-,47-44-,55-52-. The Morgan fingerprint density at radius 1 is 0.253 bits per heavy atom. The monoisotopic (exact) mass is 1150 g/mol. The molecular weight excluding hydrogens is 1020 g/mol. The molecule has 0 bridgehead atoms. The van der Waals surface area contributed by atoms with Crippen LogP contribution in [0, 0.1) is 0 Å². The Kier molecular flexibility index (Phi) is 66.3. The molecule has 1 atom stereocenters. The highest BCUT2D eigenvalue weighted by atomic mass is 16.6. The van der Waals surface area contributed by atoms with Gasteiger partial charge in [0.05, 0.1) is 0 Å². The van der Waals surface area contributed by atoms with Crippen LogP contribution in [0.5, 0.6) is 0 Å². The number of allylic oxidation sites excluding steroid dienone is 22. The molecule has 0 spiro atoms. The lowest BCUT2D eigenvalue weighted by molar-refractivity contribution is -0.167. The molecule has 0 rings (SSSR count). The Morgan fingerprint density at radius 2 is 0.470 bits per heavy atom. The lowest BCUT2D eigenvalue weighted by Gasteiger charge is -2.18. The molecule has 0 aliphatic heterocycles. The highest BCUT2D eigenvalue weighted by Gasteiger charge is 2.19. The van der Waals surface area contributed by atoms with Gasteiger partial charge in [0.1, 0.15) is 13.2 Å². The summed E-state index contributed by atoms with van der Waals surface area (Å²) in [5.74, 6) is -0.940. The Morgan fingerprint density at radius 3 is 0.759 bits per heavy atom. The molecule has 0 aromatic carbocycles. The molecule has 6 heteroatoms. The van der Waals surface area contributed by atoms with E-state index in [0.717, 1.165) is 135 Å². The number of rotatable bonds is 62. The van der Waals surface area contributed by atoms with Gasteiger partial charge in [-0.25, -0.2) is 0 Å². The van der Waals surface area contributed by atoms with Gasteiger partial charge in [0.2, 0.25) is 0 Å². The molecule has 0 saturated heterocycles. The Bertz CT molecular complexity index is 1750. The number of ether oxygens (including phenoxy) is 3. The first kappa shape index (κ1) is 78.5. The lowest BCUT2D eigenvalue weighted by atomic mass is 10.1. The van der Waals surface area contributed by atoms with Gasteiger partial charge in [-0.3, -0.25) is 14.4 Å². The fraction of sp³-hybridized carbons (Fsp3) is 0.675. The SMILES string of the molecule is CC/C=C\C/C=C\C/C=C\C/C=C\C/C=C\C/C=C\C/C=C\CCCCCC(=O)OCC(COC(=O)CCCCCCCCCCC/C=C\CCCCCCCC)OC(=O)CCCCCCCC/C=C\C/C=C\C/C=C\CCCCCCC. The van der Waals surface area contributed by atoms with Gasteiger partial charge >= 0.3 is 17.9 Å². The fourth-order valence-corrected chi connectivity index (χ4v) is 9.43. The zero-order chi connectivity index (χ0) is 59.9. The van der Waals surface area contributed by atoms with E-state index >= 15 is 0 Å². The van der Waals surface area contributed by atoms with Crippen LogP contribution in [-0.4, -0.2) is 37.2 Å². The van der Waals surface area contributed by atoms with Crippen LogP contribution in [0.1, 0.15) is 316 Å². The number of hydrogen-bond donors (Lipinski definition) is 0. The van der Waals surface area contributed by atoms with Crippen LogP contribution < -0.4 is 0 Å². The number of unbranched alkanes of at least 4 members (excludes halogenated alkanes) is 29. The highest BCUT2D eigenvalue weighted by molar-refractivity contribution is 5.71. The van der Waals surface area contributed by atoms with Crippen LogP contribution in [0.4, 0.5) is 0 Å². The van der Waals surface area contributed by atoms with E-state index in [0.29, 0.717) is 19.3 Å². The summed E-state index contributed by atoms with van der Waals surface area (Å²) in [5.41, 5.74) is 0. The third kappa shape index (κ3) is 68.2. The van der Waals surface area contributed by atoms with Crippen molar-refractivity contribution in [3.63, 3.8) is 0 Å². The van der Waals surface area contributed by atoms with Gasteiger partial charge in [-0.1, -0.05) is 289 Å². The molecule has 0 amide bonds. The van der Waals surface area contributed by atoms with Gasteiger partial charge in [0.15, 0.2) is 6.10 Å². The zero-order valence-corrected chi connectivity index (χ0v) is 54.2. The summed E-state index contributed by atoms with van der Waals surface area (Å²) < 4.78 is 17.0. The quantitative estimate of drug-likeness (QED) is 0.0261. The topological polar surface area (TPSA) is 78.9 Å². The third-order valence-corrected chi connectivity index (χ3v) is 14.6. The van der Waals surface area contributed by atoms with Crippen LogP contribution in [0.3, 0.4) is 0 Å². The summed E-state index contributed by atoms with van der Waals surface area (Å²) in [4.78, 5) is 38.5. The molecule has 0 aliphatic rings. The van der Waals surface area contributed by atoms with E-state index in [1.807, 2.05) is 0 Å². The first-order valence-corrected chi connectivity index (χ1v) is 34.7. The molecule has 1 unspecified atom stereocenters. The first-order valence-electron chi connectivity index (χ1n) is 34.7. The molecule has 0 aromatic rings. The predicted molar refractivity (Wildman–Crippen MR) is 362 cm³/mol. The van der Waals surface area contributed by atoms with Crippen molar-refractivity contribution in [1.29, 1.82) is 0 Å². The molecule has 0 saturated carbocycles. The minimum atomic E-state index is -0.807. The van der Waals surface area contributed by atoms with Crippen LogP contribution in [0.2, 0.25) is 0 Å². The maximum absolute atomic E-state index is 13.0. The molecule has 0 fully saturated rings. The average molecular weight is 1150 g/mol. The highest BCUT2D eigenvalue weighted by Crippen LogP contribution is 2.15. The summed E-state index contributed by atoms with van der Waals surface area (Å²) in [6.45, 7) is 6.49. The second-order valence-electron chi connectivity index (χ2n) is 22.7. The second-order valence-corrected chi connectivity index (χ2v) is 22.7. The van der Waals surface area contributed by atoms with E-state index in [1.165, 1.54) is 141 Å². The molecule has 6 nitrogen and oxygen atoms in total. The van der Waals surface area contributed by atoms with E-state index in [2.05, 4.69) is 154 Å². The van der Waals surface area contributed by atoms with Crippen molar-refractivity contribution >= 4 is 17.9 Å². The number of esters is 3. The van der Waals surface area contributed by atoms with Gasteiger partial charge in [0.25, 0.3) is 0 Å². The number of carbonyl (C=O) groups excluding carboxylic acids is 3. The maximum Gasteiger partial charge on any atom is 0.306 e. The van der Waals surface area contributed by atoms with Crippen LogP contribution in [0.25, 0.3) is 0 Å². The van der Waals surface area contributed by atoms with E-state index in [1.54, 1.807) is 0 Å². The first-order chi connectivity index (χ1) is 41.0. The number of carbonyl (C=O) groups is 3. The van der Waals surface area contributed by atoms with Crippen molar-refractivity contribution in [2.75, 3.05) is 13.2 Å². The van der Waals surface area contributed by atoms with Crippen molar-refractivity contribution < 1.29 is 28.6 Å². The molecule has 0 aromatic heterocycles. The summed E-state index contributed by atoms with van der Waals surface area (Å²) >= 11 is 0. The summed E-state index contributed by atoms with van der Waals surface area (Å²) in [7, 11) is 0. The third-order valence-electron chi connectivity index (χ3n) is 14.6. The predicted octanol–water partition coefficient (Wildman–Crippen LogP) is 24.1. The van der Waals surface area contributed by atoms with E-state index in [4.69, 9.17) is 14.2 Å². The van der Waals surface area contributed by atoms with Gasteiger partial charge in [-0.15, -0.1) is 0 Å². The van der Waals surface area contributed by atoms with Crippen molar-refractivity contribution in [1.82, 2.24) is 0 Å². The number of hydrogen-bond acceptors (Lipinski definition) is 6. The zero-order valence-electron chi connectivity index (χ0n) is 54.2. The van der Waals surface area contributed by atoms with E-state index < -0.39 is 6.10 Å². The fourth-order valence-electron chi connectivity index (χ4n) is 9.43. The molecular formula is C77H128O6. The largest absolute Gasteiger partial charge is 0.462 e. The minimum Gasteiger partial charge on any atom is -0.462 e. The molecule has 83 heavy (non-hydrogen) atoms. The van der Waals surface area contributed by atoms with Crippen molar-refractivity contribution in [2.45, 2.75) is 322 Å². The van der Waals surface area contributed by atoms with Crippen molar-refractivity contribution in [3.8, 4) is 0 Å². The molecule has 0 N–H and O–H groups in total. The van der Waals surface area contributed by atoms with Crippen LogP contribution in [0.15, 0.2) is 134 Å². The summed E-state index contributed by atoms with van der Waals surface area (Å²) in [6, 6.07) is 0. The van der Waals surface area contributed by atoms with E-state index in [-0.39, 0.29) is 31.1 Å².